The van der Waals surface area contributed by atoms with Gasteiger partial charge in [-0.25, -0.2) is 9.97 Å². The van der Waals surface area contributed by atoms with Gasteiger partial charge in [0.15, 0.2) is 0 Å². The second kappa shape index (κ2) is 6.12. The van der Waals surface area contributed by atoms with E-state index >= 15 is 0 Å². The Morgan fingerprint density at radius 1 is 1.15 bits per heavy atom. The maximum atomic E-state index is 13.2. The molecule has 1 aliphatic carbocycles. The lowest BCUT2D eigenvalue weighted by Gasteiger charge is -2.26. The van der Waals surface area contributed by atoms with Crippen molar-refractivity contribution in [1.29, 1.82) is 0 Å². The molecule has 2 aliphatic heterocycles. The van der Waals surface area contributed by atoms with E-state index < -0.39 is 6.08 Å². The number of benzene rings is 1. The minimum absolute atomic E-state index is 0.0615. The fraction of sp³-hybridized carbons (Fsp3) is 0.421. The van der Waals surface area contributed by atoms with Crippen LogP contribution >= 0.6 is 23.2 Å². The number of hydrogen-bond acceptors (Lipinski definition) is 4. The zero-order valence-corrected chi connectivity index (χ0v) is 15.8. The van der Waals surface area contributed by atoms with E-state index in [1.54, 1.807) is 18.2 Å². The molecular formula is C19H16Cl2FN3O2. The van der Waals surface area contributed by atoms with Crippen LogP contribution in [0.25, 0.3) is 0 Å². The highest BCUT2D eigenvalue weighted by Crippen LogP contribution is 2.68. The molecule has 3 fully saturated rings. The Hall–Kier alpha value is -1.76. The van der Waals surface area contributed by atoms with Crippen LogP contribution in [0, 0.1) is 29.7 Å². The number of ether oxygens (including phenoxy) is 1. The number of hydrogen-bond donors (Lipinski definition) is 1. The van der Waals surface area contributed by atoms with Crippen LogP contribution in [0.1, 0.15) is 18.4 Å². The SMILES string of the molecule is CC1C2C3OC(C(c4cnc(F)nc4)C3C(=O)Nc3ccc(Cl)c(Cl)c3)C12. The lowest BCUT2D eigenvalue weighted by atomic mass is 9.75. The van der Waals surface area contributed by atoms with E-state index in [0.717, 1.165) is 5.56 Å². The highest BCUT2D eigenvalue weighted by atomic mass is 35.5. The maximum Gasteiger partial charge on any atom is 0.308 e. The topological polar surface area (TPSA) is 64.1 Å². The fourth-order valence-corrected chi connectivity index (χ4v) is 5.28. The number of rotatable bonds is 3. The van der Waals surface area contributed by atoms with Crippen LogP contribution in [0.5, 0.6) is 0 Å². The molecule has 5 rings (SSSR count). The summed E-state index contributed by atoms with van der Waals surface area (Å²) in [5.41, 5.74) is 1.31. The van der Waals surface area contributed by atoms with E-state index in [0.29, 0.717) is 33.5 Å². The molecule has 7 unspecified atom stereocenters. The second-order valence-electron chi connectivity index (χ2n) is 7.53. The first-order valence-electron chi connectivity index (χ1n) is 8.84. The largest absolute Gasteiger partial charge is 0.373 e. The Kier molecular flexibility index (Phi) is 3.93. The second-order valence-corrected chi connectivity index (χ2v) is 8.35. The zero-order valence-electron chi connectivity index (χ0n) is 14.3. The Balaban J connectivity index is 1.45. The number of carbonyl (C=O) groups excluding carboxylic acids is 1. The number of fused-ring (bicyclic) bond motifs is 5. The molecule has 27 heavy (non-hydrogen) atoms. The third-order valence-corrected chi connectivity index (χ3v) is 6.94. The van der Waals surface area contributed by atoms with E-state index in [1.807, 2.05) is 0 Å². The number of nitrogens with one attached hydrogen (secondary N) is 1. The molecule has 1 aromatic carbocycles. The molecule has 1 N–H and O–H groups in total. The predicted octanol–water partition coefficient (Wildman–Crippen LogP) is 3.92. The van der Waals surface area contributed by atoms with Crippen molar-refractivity contribution in [2.45, 2.75) is 25.0 Å². The molecule has 140 valence electrons. The zero-order chi connectivity index (χ0) is 18.9. The van der Waals surface area contributed by atoms with E-state index in [9.17, 15) is 9.18 Å². The third kappa shape index (κ3) is 2.65. The Labute approximate surface area is 165 Å². The number of nitrogens with zero attached hydrogens (tertiary/aromatic N) is 2. The molecule has 2 aromatic rings. The summed E-state index contributed by atoms with van der Waals surface area (Å²) in [5, 5.41) is 3.72. The van der Waals surface area contributed by atoms with Crippen molar-refractivity contribution < 1.29 is 13.9 Å². The van der Waals surface area contributed by atoms with Crippen molar-refractivity contribution in [2.24, 2.45) is 23.7 Å². The van der Waals surface area contributed by atoms with Gasteiger partial charge in [-0.3, -0.25) is 4.79 Å². The number of amides is 1. The molecule has 3 aliphatic rings. The van der Waals surface area contributed by atoms with E-state index in [1.165, 1.54) is 12.4 Å². The van der Waals surface area contributed by atoms with Crippen LogP contribution in [0.3, 0.4) is 0 Å². The van der Waals surface area contributed by atoms with Crippen molar-refractivity contribution in [1.82, 2.24) is 9.97 Å². The summed E-state index contributed by atoms with van der Waals surface area (Å²) in [6, 6.07) is 4.97. The van der Waals surface area contributed by atoms with E-state index in [4.69, 9.17) is 27.9 Å². The summed E-state index contributed by atoms with van der Waals surface area (Å²) < 4.78 is 19.3. The summed E-state index contributed by atoms with van der Waals surface area (Å²) in [4.78, 5) is 20.5. The van der Waals surface area contributed by atoms with Gasteiger partial charge in [-0.15, -0.1) is 0 Å². The average molecular weight is 408 g/mol. The summed E-state index contributed by atoms with van der Waals surface area (Å²) in [6.07, 6.45) is 1.93. The average Bonchev–Trinajstić information content (AvgIpc) is 3.01. The van der Waals surface area contributed by atoms with Gasteiger partial charge < -0.3 is 10.1 Å². The Morgan fingerprint density at radius 3 is 2.56 bits per heavy atom. The van der Waals surface area contributed by atoms with Crippen molar-refractivity contribution in [2.75, 3.05) is 5.32 Å². The lowest BCUT2D eigenvalue weighted by molar-refractivity contribution is -0.122. The molecule has 2 saturated heterocycles. The first kappa shape index (κ1) is 17.3. The molecule has 0 radical (unpaired) electrons. The molecule has 8 heteroatoms. The predicted molar refractivity (Wildman–Crippen MR) is 98.1 cm³/mol. The van der Waals surface area contributed by atoms with Gasteiger partial charge in [0.1, 0.15) is 0 Å². The van der Waals surface area contributed by atoms with Crippen molar-refractivity contribution in [3.05, 3.63) is 52.3 Å². The highest BCUT2D eigenvalue weighted by Gasteiger charge is 2.72. The minimum atomic E-state index is -0.780. The van der Waals surface area contributed by atoms with Crippen LogP contribution in [0.4, 0.5) is 10.1 Å². The summed E-state index contributed by atoms with van der Waals surface area (Å²) in [5.74, 6) is 0.652. The van der Waals surface area contributed by atoms with E-state index in [2.05, 4.69) is 22.2 Å². The first-order valence-corrected chi connectivity index (χ1v) is 9.60. The molecule has 1 saturated carbocycles. The van der Waals surface area contributed by atoms with Gasteiger partial charge in [0.2, 0.25) is 5.91 Å². The lowest BCUT2D eigenvalue weighted by Crippen LogP contribution is -2.37. The van der Waals surface area contributed by atoms with Crippen LogP contribution in [-0.2, 0) is 9.53 Å². The molecule has 1 aromatic heterocycles. The van der Waals surface area contributed by atoms with Gasteiger partial charge in [0.25, 0.3) is 0 Å². The van der Waals surface area contributed by atoms with Gasteiger partial charge in [0, 0.05) is 24.0 Å². The van der Waals surface area contributed by atoms with Crippen molar-refractivity contribution in [3.8, 4) is 0 Å². The third-order valence-electron chi connectivity index (χ3n) is 6.20. The summed E-state index contributed by atoms with van der Waals surface area (Å²) in [6.45, 7) is 2.19. The molecule has 5 nitrogen and oxygen atoms in total. The van der Waals surface area contributed by atoms with Crippen LogP contribution in [0.15, 0.2) is 30.6 Å². The normalized spacial score (nSPS) is 35.8. The quantitative estimate of drug-likeness (QED) is 0.782. The molecule has 7 atom stereocenters. The smallest absolute Gasteiger partial charge is 0.308 e. The molecule has 1 amide bonds. The van der Waals surface area contributed by atoms with Crippen molar-refractivity contribution >= 4 is 34.8 Å². The molecule has 0 spiro atoms. The van der Waals surface area contributed by atoms with Gasteiger partial charge >= 0.3 is 6.08 Å². The van der Waals surface area contributed by atoms with Gasteiger partial charge in [-0.1, -0.05) is 30.1 Å². The Morgan fingerprint density at radius 2 is 1.85 bits per heavy atom. The minimum Gasteiger partial charge on any atom is -0.373 e. The van der Waals surface area contributed by atoms with Crippen LogP contribution in [-0.4, -0.2) is 28.1 Å². The fourth-order valence-electron chi connectivity index (χ4n) is 4.99. The number of aromatic nitrogens is 2. The summed E-state index contributed by atoms with van der Waals surface area (Å²) >= 11 is 12.0. The van der Waals surface area contributed by atoms with Crippen molar-refractivity contribution in [3.63, 3.8) is 0 Å². The van der Waals surface area contributed by atoms with Crippen LogP contribution < -0.4 is 5.32 Å². The van der Waals surface area contributed by atoms with E-state index in [-0.39, 0.29) is 30.0 Å². The molecule has 3 heterocycles. The monoisotopic (exact) mass is 407 g/mol. The standard InChI is InChI=1S/C19H16Cl2FN3O2/c1-7-12-13(7)17-15(18(26)25-9-2-3-10(20)11(21)4-9)14(16(12)27-17)8-5-23-19(22)24-6-8/h2-7,12-17H,1H3,(H,25,26). The Bertz CT molecular complexity index is 926. The number of carbonyl (C=O) groups is 1. The van der Waals surface area contributed by atoms with Gasteiger partial charge in [-0.05, 0) is 41.5 Å². The maximum absolute atomic E-state index is 13.2. The summed E-state index contributed by atoms with van der Waals surface area (Å²) in [7, 11) is 0. The number of anilines is 1. The molecular weight excluding hydrogens is 392 g/mol. The van der Waals surface area contributed by atoms with Gasteiger partial charge in [-0.2, -0.15) is 4.39 Å². The first-order chi connectivity index (χ1) is 13.0. The molecule has 2 bridgehead atoms. The van der Waals surface area contributed by atoms with Crippen LogP contribution in [0.2, 0.25) is 10.0 Å². The van der Waals surface area contributed by atoms with Gasteiger partial charge in [0.05, 0.1) is 28.2 Å². The number of halogens is 3. The highest BCUT2D eigenvalue weighted by molar-refractivity contribution is 6.42.